The largest absolute Gasteiger partial charge is 0.495 e. The molecule has 0 atom stereocenters. The summed E-state index contributed by atoms with van der Waals surface area (Å²) in [4.78, 5) is 19.0. The van der Waals surface area contributed by atoms with Gasteiger partial charge in [0.1, 0.15) is 5.75 Å². The first-order valence-electron chi connectivity index (χ1n) is 8.09. The van der Waals surface area contributed by atoms with E-state index >= 15 is 0 Å². The minimum Gasteiger partial charge on any atom is -0.495 e. The van der Waals surface area contributed by atoms with Crippen LogP contribution in [0.4, 0.5) is 5.69 Å². The summed E-state index contributed by atoms with van der Waals surface area (Å²) < 4.78 is 6.49. The first-order chi connectivity index (χ1) is 11.6. The molecule has 0 spiro atoms. The Labute approximate surface area is 155 Å². The molecule has 2 aromatic rings. The molecule has 0 unspecified atom stereocenters. The van der Waals surface area contributed by atoms with Crippen LogP contribution >= 0.6 is 27.3 Å². The quantitative estimate of drug-likeness (QED) is 0.764. The van der Waals surface area contributed by atoms with Crippen LogP contribution in [-0.2, 0) is 6.42 Å². The molecule has 0 aliphatic carbocycles. The summed E-state index contributed by atoms with van der Waals surface area (Å²) in [5, 5.41) is 0. The molecule has 1 aromatic carbocycles. The minimum atomic E-state index is 0.139. The highest BCUT2D eigenvalue weighted by molar-refractivity contribution is 9.10. The number of halogens is 1. The highest BCUT2D eigenvalue weighted by Gasteiger charge is 2.25. The molecule has 0 radical (unpaired) electrons. The topological polar surface area (TPSA) is 32.8 Å². The normalized spacial score (nSPS) is 14.8. The molecule has 1 aromatic heterocycles. The second kappa shape index (κ2) is 7.57. The van der Waals surface area contributed by atoms with Gasteiger partial charge < -0.3 is 14.5 Å². The number of benzene rings is 1. The zero-order valence-electron chi connectivity index (χ0n) is 13.9. The van der Waals surface area contributed by atoms with E-state index in [0.717, 1.165) is 53.4 Å². The maximum Gasteiger partial charge on any atom is 0.264 e. The van der Waals surface area contributed by atoms with Crippen LogP contribution in [0.5, 0.6) is 5.75 Å². The van der Waals surface area contributed by atoms with Crippen molar-refractivity contribution in [3.8, 4) is 5.75 Å². The van der Waals surface area contributed by atoms with E-state index in [1.807, 2.05) is 29.2 Å². The Bertz CT molecular complexity index is 724. The van der Waals surface area contributed by atoms with Gasteiger partial charge in [0.25, 0.3) is 5.91 Å². The number of ether oxygens (including phenoxy) is 1. The van der Waals surface area contributed by atoms with Gasteiger partial charge in [0, 0.05) is 35.5 Å². The number of methoxy groups -OCH3 is 1. The van der Waals surface area contributed by atoms with Crippen LogP contribution in [0.2, 0.25) is 0 Å². The van der Waals surface area contributed by atoms with Crippen LogP contribution in [0, 0.1) is 0 Å². The number of hydrogen-bond acceptors (Lipinski definition) is 4. The smallest absolute Gasteiger partial charge is 0.264 e. The number of nitrogens with zero attached hydrogens (tertiary/aromatic N) is 2. The predicted molar refractivity (Wildman–Crippen MR) is 103 cm³/mol. The van der Waals surface area contributed by atoms with Crippen LogP contribution in [0.3, 0.4) is 0 Å². The Morgan fingerprint density at radius 3 is 2.58 bits per heavy atom. The van der Waals surface area contributed by atoms with Gasteiger partial charge >= 0.3 is 0 Å². The van der Waals surface area contributed by atoms with E-state index in [9.17, 15) is 4.79 Å². The summed E-state index contributed by atoms with van der Waals surface area (Å²) in [5.74, 6) is 1.02. The number of anilines is 1. The summed E-state index contributed by atoms with van der Waals surface area (Å²) in [5.41, 5.74) is 1.10. The third-order valence-corrected chi connectivity index (χ3v) is 6.52. The van der Waals surface area contributed by atoms with E-state index in [1.165, 1.54) is 4.88 Å². The number of rotatable bonds is 4. The molecular formula is C18H21BrN2O2S. The maximum atomic E-state index is 12.7. The molecule has 3 rings (SSSR count). The predicted octanol–water partition coefficient (Wildman–Crippen LogP) is 4.04. The number of para-hydroxylation sites is 2. The van der Waals surface area contributed by atoms with Crippen molar-refractivity contribution in [2.24, 2.45) is 0 Å². The summed E-state index contributed by atoms with van der Waals surface area (Å²) in [6, 6.07) is 9.99. The van der Waals surface area contributed by atoms with Gasteiger partial charge in [-0.1, -0.05) is 19.1 Å². The molecule has 128 valence electrons. The number of carbonyl (C=O) groups excluding carboxylic acids is 1. The van der Waals surface area contributed by atoms with Crippen molar-refractivity contribution in [1.29, 1.82) is 0 Å². The number of amides is 1. The average molecular weight is 409 g/mol. The maximum absolute atomic E-state index is 12.7. The monoisotopic (exact) mass is 408 g/mol. The SMILES string of the molecule is CCc1sc(C(=O)N2CCN(c3ccccc3OC)CC2)cc1Br. The van der Waals surface area contributed by atoms with Gasteiger partial charge in [-0.15, -0.1) is 11.3 Å². The van der Waals surface area contributed by atoms with Gasteiger partial charge in [0.15, 0.2) is 0 Å². The van der Waals surface area contributed by atoms with Crippen LogP contribution in [0.1, 0.15) is 21.5 Å². The number of carbonyl (C=O) groups is 1. The van der Waals surface area contributed by atoms with Gasteiger partial charge in [-0.05, 0) is 40.5 Å². The lowest BCUT2D eigenvalue weighted by Crippen LogP contribution is -2.48. The standard InChI is InChI=1S/C18H21BrN2O2S/c1-3-16-13(19)12-17(24-16)18(22)21-10-8-20(9-11-21)14-6-4-5-7-15(14)23-2/h4-7,12H,3,8-11H2,1-2H3. The van der Waals surface area contributed by atoms with E-state index in [2.05, 4.69) is 33.8 Å². The zero-order valence-corrected chi connectivity index (χ0v) is 16.3. The van der Waals surface area contributed by atoms with Crippen LogP contribution < -0.4 is 9.64 Å². The first-order valence-corrected chi connectivity index (χ1v) is 9.70. The lowest BCUT2D eigenvalue weighted by molar-refractivity contribution is 0.0751. The number of piperazine rings is 1. The fraction of sp³-hybridized carbons (Fsp3) is 0.389. The van der Waals surface area contributed by atoms with Crippen molar-refractivity contribution >= 4 is 38.9 Å². The van der Waals surface area contributed by atoms with E-state index in [4.69, 9.17) is 4.74 Å². The summed E-state index contributed by atoms with van der Waals surface area (Å²) >= 11 is 5.14. The molecule has 0 saturated carbocycles. The molecule has 1 fully saturated rings. The molecule has 1 aliphatic heterocycles. The van der Waals surface area contributed by atoms with Crippen molar-refractivity contribution < 1.29 is 9.53 Å². The molecule has 0 N–H and O–H groups in total. The van der Waals surface area contributed by atoms with Crippen molar-refractivity contribution in [1.82, 2.24) is 4.90 Å². The van der Waals surface area contributed by atoms with E-state index in [1.54, 1.807) is 18.4 Å². The molecule has 1 amide bonds. The molecule has 1 saturated heterocycles. The molecular weight excluding hydrogens is 388 g/mol. The van der Waals surface area contributed by atoms with Gasteiger partial charge in [-0.3, -0.25) is 4.79 Å². The van der Waals surface area contributed by atoms with Gasteiger partial charge in [-0.25, -0.2) is 0 Å². The first kappa shape index (κ1) is 17.3. The highest BCUT2D eigenvalue weighted by Crippen LogP contribution is 2.31. The fourth-order valence-electron chi connectivity index (χ4n) is 2.95. The van der Waals surface area contributed by atoms with Crippen molar-refractivity contribution in [2.75, 3.05) is 38.2 Å². The Balaban J connectivity index is 1.67. The van der Waals surface area contributed by atoms with Crippen LogP contribution in [0.25, 0.3) is 0 Å². The zero-order chi connectivity index (χ0) is 17.1. The van der Waals surface area contributed by atoms with Crippen molar-refractivity contribution in [2.45, 2.75) is 13.3 Å². The minimum absolute atomic E-state index is 0.139. The van der Waals surface area contributed by atoms with Crippen molar-refractivity contribution in [3.05, 3.63) is 44.6 Å². The Morgan fingerprint density at radius 2 is 1.96 bits per heavy atom. The highest BCUT2D eigenvalue weighted by atomic mass is 79.9. The molecule has 1 aliphatic rings. The third kappa shape index (κ3) is 3.44. The van der Waals surface area contributed by atoms with E-state index in [0.29, 0.717) is 0 Å². The van der Waals surface area contributed by atoms with E-state index in [-0.39, 0.29) is 5.91 Å². The summed E-state index contributed by atoms with van der Waals surface area (Å²) in [7, 11) is 1.69. The van der Waals surface area contributed by atoms with E-state index < -0.39 is 0 Å². The number of thiophene rings is 1. The Morgan fingerprint density at radius 1 is 1.25 bits per heavy atom. The Kier molecular flexibility index (Phi) is 5.46. The van der Waals surface area contributed by atoms with Crippen LogP contribution in [0.15, 0.2) is 34.8 Å². The molecule has 2 heterocycles. The lowest BCUT2D eigenvalue weighted by atomic mass is 10.2. The molecule has 6 heteroatoms. The second-order valence-electron chi connectivity index (χ2n) is 5.69. The van der Waals surface area contributed by atoms with Gasteiger partial charge in [0.05, 0.1) is 17.7 Å². The molecule has 0 bridgehead atoms. The molecule has 4 nitrogen and oxygen atoms in total. The molecule has 24 heavy (non-hydrogen) atoms. The lowest BCUT2D eigenvalue weighted by Gasteiger charge is -2.36. The van der Waals surface area contributed by atoms with Gasteiger partial charge in [0.2, 0.25) is 0 Å². The summed E-state index contributed by atoms with van der Waals surface area (Å²) in [6.45, 7) is 5.21. The van der Waals surface area contributed by atoms with Crippen molar-refractivity contribution in [3.63, 3.8) is 0 Å². The Hall–Kier alpha value is -1.53. The third-order valence-electron chi connectivity index (χ3n) is 4.28. The van der Waals surface area contributed by atoms with Crippen LogP contribution in [-0.4, -0.2) is 44.1 Å². The van der Waals surface area contributed by atoms with Gasteiger partial charge in [-0.2, -0.15) is 0 Å². The number of hydrogen-bond donors (Lipinski definition) is 0. The second-order valence-corrected chi connectivity index (χ2v) is 7.68. The fourth-order valence-corrected chi connectivity index (χ4v) is 4.81. The average Bonchev–Trinajstić information content (AvgIpc) is 3.02. The summed E-state index contributed by atoms with van der Waals surface area (Å²) in [6.07, 6.45) is 0.945. The number of aryl methyl sites for hydroxylation is 1.